The van der Waals surface area contributed by atoms with Gasteiger partial charge in [0.15, 0.2) is 0 Å². The molecule has 1 aliphatic rings. The predicted molar refractivity (Wildman–Crippen MR) is 131 cm³/mol. The van der Waals surface area contributed by atoms with E-state index in [9.17, 15) is 4.79 Å². The number of rotatable bonds is 5. The van der Waals surface area contributed by atoms with Gasteiger partial charge in [-0.1, -0.05) is 54.6 Å². The number of nitrogens with zero attached hydrogens (tertiary/aromatic N) is 1. The topological polar surface area (TPSA) is 50.8 Å². The molecular formula is C28H32N2O3. The van der Waals surface area contributed by atoms with Crippen molar-refractivity contribution in [3.05, 3.63) is 83.9 Å². The van der Waals surface area contributed by atoms with Crippen LogP contribution in [-0.4, -0.2) is 36.6 Å². The molecule has 1 N–H and O–H groups in total. The van der Waals surface area contributed by atoms with Crippen LogP contribution in [-0.2, 0) is 11.3 Å². The molecule has 0 saturated heterocycles. The molecule has 3 aromatic carbocycles. The Morgan fingerprint density at radius 3 is 2.61 bits per heavy atom. The fourth-order valence-electron chi connectivity index (χ4n) is 4.30. The second-order valence-corrected chi connectivity index (χ2v) is 9.39. The Labute approximate surface area is 196 Å². The van der Waals surface area contributed by atoms with Crippen LogP contribution in [0.15, 0.2) is 72.8 Å². The number of benzene rings is 3. The number of amides is 1. The molecular weight excluding hydrogens is 412 g/mol. The zero-order chi connectivity index (χ0) is 23.4. The predicted octanol–water partition coefficient (Wildman–Crippen LogP) is 5.21. The van der Waals surface area contributed by atoms with Crippen LogP contribution in [0.1, 0.15) is 37.9 Å². The first-order chi connectivity index (χ1) is 15.9. The highest BCUT2D eigenvalue weighted by molar-refractivity contribution is 5.84. The van der Waals surface area contributed by atoms with E-state index in [2.05, 4.69) is 28.4 Å². The smallest absolute Gasteiger partial charge is 0.242 e. The highest BCUT2D eigenvalue weighted by Gasteiger charge is 2.34. The number of carbonyl (C=O) groups excluding carboxylic acids is 1. The third kappa shape index (κ3) is 5.37. The third-order valence-electron chi connectivity index (χ3n) is 5.73. The molecule has 4 rings (SSSR count). The molecule has 0 bridgehead atoms. The van der Waals surface area contributed by atoms with Gasteiger partial charge in [0.1, 0.15) is 24.1 Å². The van der Waals surface area contributed by atoms with Crippen molar-refractivity contribution in [2.24, 2.45) is 0 Å². The second kappa shape index (κ2) is 9.67. The zero-order valence-corrected chi connectivity index (χ0v) is 19.8. The molecule has 5 heteroatoms. The van der Waals surface area contributed by atoms with Gasteiger partial charge in [-0.05, 0) is 55.7 Å². The van der Waals surface area contributed by atoms with Gasteiger partial charge in [-0.25, -0.2) is 0 Å². The van der Waals surface area contributed by atoms with Crippen LogP contribution < -0.4 is 14.8 Å². The summed E-state index contributed by atoms with van der Waals surface area (Å²) in [4.78, 5) is 15.8. The molecule has 1 heterocycles. The Hall–Kier alpha value is -3.31. The van der Waals surface area contributed by atoms with Crippen molar-refractivity contribution in [3.8, 4) is 22.6 Å². The Kier molecular flexibility index (Phi) is 6.70. The summed E-state index contributed by atoms with van der Waals surface area (Å²) in [5, 5.41) is 3.18. The van der Waals surface area contributed by atoms with Gasteiger partial charge in [-0.3, -0.25) is 9.69 Å². The lowest BCUT2D eigenvalue weighted by Crippen LogP contribution is -2.47. The Bertz CT molecular complexity index is 1120. The van der Waals surface area contributed by atoms with E-state index in [1.165, 1.54) is 0 Å². The number of methoxy groups -OCH3 is 1. The standard InChI is InChI=1S/C28H32N2O3/c1-28(2,3)29-27(31)26-24-14-7-8-15-25(24)33-17-16-30(26)19-21-10-5-6-13-23(21)20-11-9-12-22(18-20)32-4/h5-15,18,26H,16-17,19H2,1-4H3,(H,29,31). The molecule has 0 fully saturated rings. The number of hydrogen-bond acceptors (Lipinski definition) is 4. The molecule has 0 saturated carbocycles. The minimum Gasteiger partial charge on any atom is -0.497 e. The maximum absolute atomic E-state index is 13.5. The summed E-state index contributed by atoms with van der Waals surface area (Å²) in [5.41, 5.74) is 3.94. The molecule has 0 aromatic heterocycles. The average molecular weight is 445 g/mol. The summed E-state index contributed by atoms with van der Waals surface area (Å²) in [6.07, 6.45) is 0. The van der Waals surface area contributed by atoms with E-state index in [4.69, 9.17) is 9.47 Å². The first kappa shape index (κ1) is 22.9. The van der Waals surface area contributed by atoms with Crippen molar-refractivity contribution in [2.75, 3.05) is 20.3 Å². The van der Waals surface area contributed by atoms with Gasteiger partial charge in [0.2, 0.25) is 5.91 Å². The van der Waals surface area contributed by atoms with E-state index in [0.29, 0.717) is 19.7 Å². The summed E-state index contributed by atoms with van der Waals surface area (Å²) in [6.45, 7) is 7.81. The van der Waals surface area contributed by atoms with E-state index >= 15 is 0 Å². The summed E-state index contributed by atoms with van der Waals surface area (Å²) >= 11 is 0. The minimum absolute atomic E-state index is 0.0145. The minimum atomic E-state index is -0.443. The fraction of sp³-hybridized carbons (Fsp3) is 0.321. The van der Waals surface area contributed by atoms with E-state index < -0.39 is 6.04 Å². The lowest BCUT2D eigenvalue weighted by atomic mass is 9.97. The van der Waals surface area contributed by atoms with Crippen molar-refractivity contribution in [2.45, 2.75) is 38.9 Å². The molecule has 5 nitrogen and oxygen atoms in total. The van der Waals surface area contributed by atoms with Crippen LogP contribution in [0.5, 0.6) is 11.5 Å². The highest BCUT2D eigenvalue weighted by Crippen LogP contribution is 2.35. The molecule has 1 aliphatic heterocycles. The molecule has 172 valence electrons. The molecule has 1 atom stereocenters. The molecule has 1 unspecified atom stereocenters. The quantitative estimate of drug-likeness (QED) is 0.587. The van der Waals surface area contributed by atoms with Crippen LogP contribution in [0, 0.1) is 0 Å². The van der Waals surface area contributed by atoms with E-state index in [1.54, 1.807) is 7.11 Å². The molecule has 0 spiro atoms. The third-order valence-corrected chi connectivity index (χ3v) is 5.73. The maximum atomic E-state index is 13.5. The number of para-hydroxylation sites is 1. The van der Waals surface area contributed by atoms with E-state index in [1.807, 2.05) is 75.4 Å². The van der Waals surface area contributed by atoms with Gasteiger partial charge < -0.3 is 14.8 Å². The number of ether oxygens (including phenoxy) is 2. The number of carbonyl (C=O) groups is 1. The average Bonchev–Trinajstić information content (AvgIpc) is 2.97. The molecule has 1 amide bonds. The summed E-state index contributed by atoms with van der Waals surface area (Å²) in [7, 11) is 1.68. The van der Waals surface area contributed by atoms with Gasteiger partial charge in [0.25, 0.3) is 0 Å². The van der Waals surface area contributed by atoms with Gasteiger partial charge in [-0.2, -0.15) is 0 Å². The summed E-state index contributed by atoms with van der Waals surface area (Å²) < 4.78 is 11.5. The maximum Gasteiger partial charge on any atom is 0.242 e. The highest BCUT2D eigenvalue weighted by atomic mass is 16.5. The summed E-state index contributed by atoms with van der Waals surface area (Å²) in [5.74, 6) is 1.58. The molecule has 33 heavy (non-hydrogen) atoms. The van der Waals surface area contributed by atoms with Gasteiger partial charge in [0.05, 0.1) is 7.11 Å². The Morgan fingerprint density at radius 2 is 1.82 bits per heavy atom. The van der Waals surface area contributed by atoms with E-state index in [0.717, 1.165) is 33.8 Å². The van der Waals surface area contributed by atoms with Gasteiger partial charge in [0, 0.05) is 24.2 Å². The van der Waals surface area contributed by atoms with Crippen LogP contribution in [0.2, 0.25) is 0 Å². The lowest BCUT2D eigenvalue weighted by molar-refractivity contribution is -0.128. The lowest BCUT2D eigenvalue weighted by Gasteiger charge is -2.32. The normalized spacial score (nSPS) is 16.3. The van der Waals surface area contributed by atoms with Crippen molar-refractivity contribution in [1.82, 2.24) is 10.2 Å². The van der Waals surface area contributed by atoms with Crippen LogP contribution >= 0.6 is 0 Å². The Balaban J connectivity index is 1.72. The molecule has 0 radical (unpaired) electrons. The zero-order valence-electron chi connectivity index (χ0n) is 19.8. The monoisotopic (exact) mass is 444 g/mol. The first-order valence-corrected chi connectivity index (χ1v) is 11.4. The second-order valence-electron chi connectivity index (χ2n) is 9.39. The summed E-state index contributed by atoms with van der Waals surface area (Å²) in [6, 6.07) is 23.8. The van der Waals surface area contributed by atoms with Crippen molar-refractivity contribution >= 4 is 5.91 Å². The number of fused-ring (bicyclic) bond motifs is 1. The molecule has 3 aromatic rings. The van der Waals surface area contributed by atoms with Crippen molar-refractivity contribution < 1.29 is 14.3 Å². The number of nitrogens with one attached hydrogen (secondary N) is 1. The van der Waals surface area contributed by atoms with Gasteiger partial charge >= 0.3 is 0 Å². The van der Waals surface area contributed by atoms with Crippen molar-refractivity contribution in [1.29, 1.82) is 0 Å². The number of hydrogen-bond donors (Lipinski definition) is 1. The molecule has 0 aliphatic carbocycles. The van der Waals surface area contributed by atoms with Gasteiger partial charge in [-0.15, -0.1) is 0 Å². The fourth-order valence-corrected chi connectivity index (χ4v) is 4.30. The SMILES string of the molecule is COc1cccc(-c2ccccc2CN2CCOc3ccccc3C2C(=O)NC(C)(C)C)c1. The van der Waals surface area contributed by atoms with Crippen molar-refractivity contribution in [3.63, 3.8) is 0 Å². The Morgan fingerprint density at radius 1 is 1.06 bits per heavy atom. The van der Waals surface area contributed by atoms with Crippen LogP contribution in [0.3, 0.4) is 0 Å². The van der Waals surface area contributed by atoms with Crippen LogP contribution in [0.4, 0.5) is 0 Å². The largest absolute Gasteiger partial charge is 0.497 e. The van der Waals surface area contributed by atoms with Crippen LogP contribution in [0.25, 0.3) is 11.1 Å². The van der Waals surface area contributed by atoms with E-state index in [-0.39, 0.29) is 11.4 Å². The first-order valence-electron chi connectivity index (χ1n) is 11.4.